The monoisotopic (exact) mass is 277 g/mol. The fourth-order valence-electron chi connectivity index (χ4n) is 1.21. The van der Waals surface area contributed by atoms with Crippen molar-refractivity contribution in [3.05, 3.63) is 0 Å². The highest BCUT2D eigenvalue weighted by molar-refractivity contribution is 7.98. The molecule has 18 heavy (non-hydrogen) atoms. The Hall–Kier alpha value is -1.44. The minimum Gasteiger partial charge on any atom is -0.480 e. The highest BCUT2D eigenvalue weighted by atomic mass is 32.2. The van der Waals surface area contributed by atoms with Crippen LogP contribution >= 0.6 is 11.8 Å². The molecule has 0 aromatic carbocycles. The fourth-order valence-corrected chi connectivity index (χ4v) is 1.91. The molecule has 0 aromatic rings. The van der Waals surface area contributed by atoms with E-state index in [0.717, 1.165) is 5.75 Å². The first-order valence-electron chi connectivity index (χ1n) is 5.33. The Labute approximate surface area is 110 Å². The summed E-state index contributed by atoms with van der Waals surface area (Å²) in [5.41, 5.74) is 4.92. The molecular weight excluding hydrogens is 258 g/mol. The summed E-state index contributed by atoms with van der Waals surface area (Å²) in [6.45, 7) is 1.85. The van der Waals surface area contributed by atoms with E-state index in [4.69, 9.17) is 10.8 Å². The average molecular weight is 277 g/mol. The van der Waals surface area contributed by atoms with Crippen LogP contribution in [0.4, 0.5) is 4.79 Å². The normalized spacial score (nSPS) is 13.5. The van der Waals surface area contributed by atoms with Gasteiger partial charge in [-0.3, -0.25) is 4.79 Å². The van der Waals surface area contributed by atoms with Gasteiger partial charge in [-0.2, -0.15) is 11.8 Å². The molecule has 4 N–H and O–H groups in total. The highest BCUT2D eigenvalue weighted by Crippen LogP contribution is 2.04. The largest absolute Gasteiger partial charge is 0.480 e. The van der Waals surface area contributed by atoms with Gasteiger partial charge in [0.1, 0.15) is 6.04 Å². The molecule has 3 amide bonds. The third kappa shape index (κ3) is 5.76. The van der Waals surface area contributed by atoms with Crippen molar-refractivity contribution in [3.8, 4) is 0 Å². The van der Waals surface area contributed by atoms with Crippen LogP contribution in [-0.2, 0) is 9.59 Å². The molecule has 0 saturated carbocycles. The third-order valence-electron chi connectivity index (χ3n) is 2.39. The van der Waals surface area contributed by atoms with Gasteiger partial charge in [0.25, 0.3) is 0 Å². The van der Waals surface area contributed by atoms with Crippen molar-refractivity contribution >= 4 is 29.7 Å². The van der Waals surface area contributed by atoms with Gasteiger partial charge < -0.3 is 21.1 Å². The van der Waals surface area contributed by atoms with E-state index in [1.165, 1.54) is 4.90 Å². The Morgan fingerprint density at radius 3 is 2.39 bits per heavy atom. The van der Waals surface area contributed by atoms with E-state index in [1.807, 2.05) is 13.2 Å². The van der Waals surface area contributed by atoms with Gasteiger partial charge in [0.15, 0.2) is 0 Å². The molecule has 0 aliphatic rings. The van der Waals surface area contributed by atoms with Gasteiger partial charge in [0.05, 0.1) is 6.42 Å². The van der Waals surface area contributed by atoms with E-state index in [1.54, 1.807) is 18.8 Å². The number of primary amides is 1. The first-order valence-corrected chi connectivity index (χ1v) is 6.72. The number of thioether (sulfide) groups is 1. The third-order valence-corrected chi connectivity index (χ3v) is 3.21. The quantitative estimate of drug-likeness (QED) is 0.592. The zero-order chi connectivity index (χ0) is 14.3. The van der Waals surface area contributed by atoms with Crippen LogP contribution in [0.2, 0.25) is 0 Å². The Kier molecular flexibility index (Phi) is 7.18. The second-order valence-corrected chi connectivity index (χ2v) is 4.84. The molecule has 0 aliphatic heterocycles. The van der Waals surface area contributed by atoms with Crippen LogP contribution in [0, 0.1) is 0 Å². The topological polar surface area (TPSA) is 113 Å². The standard InChI is InChI=1S/C10H19N3O4S/c1-6(5-18-3)13(2)10(17)12-7(9(15)16)4-8(11)14/h6-7H,4-5H2,1-3H3,(H2,11,14)(H,12,17)(H,15,16)/t6?,7-/m1/s1. The number of aliphatic carboxylic acids is 1. The SMILES string of the molecule is CSCC(C)N(C)C(=O)N[C@H](CC(N)=O)C(=O)O. The Bertz CT molecular complexity index is 324. The molecule has 0 rings (SSSR count). The maximum atomic E-state index is 11.7. The van der Waals surface area contributed by atoms with Crippen LogP contribution in [-0.4, -0.2) is 59.1 Å². The van der Waals surface area contributed by atoms with E-state index >= 15 is 0 Å². The number of urea groups is 1. The summed E-state index contributed by atoms with van der Waals surface area (Å²) in [4.78, 5) is 34.7. The maximum Gasteiger partial charge on any atom is 0.326 e. The molecule has 0 heterocycles. The van der Waals surface area contributed by atoms with Gasteiger partial charge >= 0.3 is 12.0 Å². The summed E-state index contributed by atoms with van der Waals surface area (Å²) < 4.78 is 0. The maximum absolute atomic E-state index is 11.7. The van der Waals surface area contributed by atoms with Crippen molar-refractivity contribution in [2.24, 2.45) is 5.73 Å². The number of carbonyl (C=O) groups is 3. The molecular formula is C10H19N3O4S. The predicted octanol–water partition coefficient (Wildman–Crippen LogP) is -0.292. The molecule has 104 valence electrons. The molecule has 0 spiro atoms. The highest BCUT2D eigenvalue weighted by Gasteiger charge is 2.25. The van der Waals surface area contributed by atoms with E-state index in [2.05, 4.69) is 5.32 Å². The Balaban J connectivity index is 4.49. The minimum absolute atomic E-state index is 0.0389. The van der Waals surface area contributed by atoms with Crippen molar-refractivity contribution in [1.29, 1.82) is 0 Å². The molecule has 0 radical (unpaired) electrons. The van der Waals surface area contributed by atoms with E-state index in [-0.39, 0.29) is 6.04 Å². The predicted molar refractivity (Wildman–Crippen MR) is 69.4 cm³/mol. The van der Waals surface area contributed by atoms with Crippen molar-refractivity contribution in [2.75, 3.05) is 19.1 Å². The Morgan fingerprint density at radius 2 is 2.00 bits per heavy atom. The number of rotatable bonds is 7. The van der Waals surface area contributed by atoms with Crippen molar-refractivity contribution in [1.82, 2.24) is 10.2 Å². The van der Waals surface area contributed by atoms with Crippen LogP contribution < -0.4 is 11.1 Å². The van der Waals surface area contributed by atoms with E-state index in [9.17, 15) is 14.4 Å². The van der Waals surface area contributed by atoms with Gasteiger partial charge in [0, 0.05) is 18.8 Å². The van der Waals surface area contributed by atoms with Gasteiger partial charge in [0.2, 0.25) is 5.91 Å². The first kappa shape index (κ1) is 16.6. The van der Waals surface area contributed by atoms with E-state index in [0.29, 0.717) is 0 Å². The fraction of sp³-hybridized carbons (Fsp3) is 0.700. The van der Waals surface area contributed by atoms with Crippen LogP contribution in [0.25, 0.3) is 0 Å². The summed E-state index contributed by atoms with van der Waals surface area (Å²) in [5, 5.41) is 11.1. The molecule has 0 bridgehead atoms. The number of carboxylic acid groups (broad SMARTS) is 1. The molecule has 0 fully saturated rings. The number of hydrogen-bond donors (Lipinski definition) is 3. The van der Waals surface area contributed by atoms with Crippen molar-refractivity contribution < 1.29 is 19.5 Å². The van der Waals surface area contributed by atoms with Gasteiger partial charge in [-0.1, -0.05) is 0 Å². The molecule has 7 nitrogen and oxygen atoms in total. The number of hydrogen-bond acceptors (Lipinski definition) is 4. The Morgan fingerprint density at radius 1 is 1.44 bits per heavy atom. The summed E-state index contributed by atoms with van der Waals surface area (Å²) in [6.07, 6.45) is 1.49. The first-order chi connectivity index (χ1) is 8.29. The lowest BCUT2D eigenvalue weighted by Gasteiger charge is -2.26. The molecule has 8 heteroatoms. The van der Waals surface area contributed by atoms with Crippen LogP contribution in [0.3, 0.4) is 0 Å². The summed E-state index contributed by atoms with van der Waals surface area (Å²) in [5.74, 6) is -1.33. The van der Waals surface area contributed by atoms with Gasteiger partial charge in [-0.25, -0.2) is 9.59 Å². The summed E-state index contributed by atoms with van der Waals surface area (Å²) in [6, 6.07) is -1.87. The average Bonchev–Trinajstić information content (AvgIpc) is 2.26. The number of carbonyl (C=O) groups excluding carboxylic acids is 2. The summed E-state index contributed by atoms with van der Waals surface area (Å²) in [7, 11) is 1.57. The lowest BCUT2D eigenvalue weighted by atomic mass is 10.2. The van der Waals surface area contributed by atoms with Gasteiger partial charge in [-0.05, 0) is 13.2 Å². The molecule has 2 atom stereocenters. The van der Waals surface area contributed by atoms with Crippen LogP contribution in [0.15, 0.2) is 0 Å². The smallest absolute Gasteiger partial charge is 0.326 e. The number of amides is 3. The van der Waals surface area contributed by atoms with Crippen LogP contribution in [0.1, 0.15) is 13.3 Å². The zero-order valence-corrected chi connectivity index (χ0v) is 11.5. The van der Waals surface area contributed by atoms with Crippen molar-refractivity contribution in [3.63, 3.8) is 0 Å². The zero-order valence-electron chi connectivity index (χ0n) is 10.7. The van der Waals surface area contributed by atoms with Gasteiger partial charge in [-0.15, -0.1) is 0 Å². The number of nitrogens with one attached hydrogen (secondary N) is 1. The lowest BCUT2D eigenvalue weighted by molar-refractivity contribution is -0.140. The molecule has 0 aliphatic carbocycles. The number of carboxylic acids is 1. The summed E-state index contributed by atoms with van der Waals surface area (Å²) >= 11 is 1.58. The number of nitrogens with zero attached hydrogens (tertiary/aromatic N) is 1. The van der Waals surface area contributed by atoms with Crippen molar-refractivity contribution in [2.45, 2.75) is 25.4 Å². The minimum atomic E-state index is -1.29. The lowest BCUT2D eigenvalue weighted by Crippen LogP contribution is -2.50. The van der Waals surface area contributed by atoms with E-state index < -0.39 is 30.4 Å². The second-order valence-electron chi connectivity index (χ2n) is 3.93. The second kappa shape index (κ2) is 7.80. The molecule has 0 saturated heterocycles. The number of nitrogens with two attached hydrogens (primary N) is 1. The van der Waals surface area contributed by atoms with Crippen LogP contribution in [0.5, 0.6) is 0 Å². The molecule has 0 aromatic heterocycles. The molecule has 1 unspecified atom stereocenters.